The van der Waals surface area contributed by atoms with Crippen LogP contribution in [-0.4, -0.2) is 62.8 Å². The van der Waals surface area contributed by atoms with E-state index in [4.69, 9.17) is 16.3 Å². The van der Waals surface area contributed by atoms with Crippen molar-refractivity contribution in [2.24, 2.45) is 0 Å². The highest BCUT2D eigenvalue weighted by Gasteiger charge is 2.28. The number of anilines is 1. The topological polar surface area (TPSA) is 44.8 Å². The van der Waals surface area contributed by atoms with Crippen LogP contribution < -0.4 is 10.2 Å². The van der Waals surface area contributed by atoms with Gasteiger partial charge in [-0.1, -0.05) is 23.7 Å². The van der Waals surface area contributed by atoms with Gasteiger partial charge in [0.15, 0.2) is 0 Å². The van der Waals surface area contributed by atoms with Crippen molar-refractivity contribution in [3.63, 3.8) is 0 Å². The second-order valence-corrected chi connectivity index (χ2v) is 6.77. The Hall–Kier alpha value is -1.30. The van der Waals surface area contributed by atoms with Crippen LogP contribution in [0.15, 0.2) is 24.3 Å². The molecule has 0 aromatic heterocycles. The normalized spacial score (nSPS) is 26.1. The number of hydrogen-bond donors (Lipinski definition) is 1. The second kappa shape index (κ2) is 7.51. The zero-order valence-corrected chi connectivity index (χ0v) is 14.3. The minimum absolute atomic E-state index is 0.00237. The van der Waals surface area contributed by atoms with Crippen LogP contribution >= 0.6 is 11.6 Å². The Morgan fingerprint density at radius 2 is 2.13 bits per heavy atom. The van der Waals surface area contributed by atoms with Crippen LogP contribution in [0.25, 0.3) is 0 Å². The van der Waals surface area contributed by atoms with Crippen molar-refractivity contribution in [2.45, 2.75) is 25.0 Å². The smallest absolute Gasteiger partial charge is 0.250 e. The monoisotopic (exact) mass is 337 g/mol. The Labute approximate surface area is 142 Å². The van der Waals surface area contributed by atoms with E-state index in [1.54, 1.807) is 0 Å². The molecule has 0 bridgehead atoms. The third-order valence-electron chi connectivity index (χ3n) is 4.52. The zero-order chi connectivity index (χ0) is 16.2. The molecule has 2 unspecified atom stereocenters. The Bertz CT molecular complexity index is 554. The van der Waals surface area contributed by atoms with Gasteiger partial charge >= 0.3 is 0 Å². The molecule has 3 rings (SSSR count). The largest absolute Gasteiger partial charge is 0.368 e. The summed E-state index contributed by atoms with van der Waals surface area (Å²) < 4.78 is 5.59. The van der Waals surface area contributed by atoms with Gasteiger partial charge < -0.3 is 19.9 Å². The Morgan fingerprint density at radius 1 is 1.30 bits per heavy atom. The van der Waals surface area contributed by atoms with Crippen molar-refractivity contribution in [3.8, 4) is 0 Å². The summed E-state index contributed by atoms with van der Waals surface area (Å²) in [6.45, 7) is 3.92. The van der Waals surface area contributed by atoms with E-state index in [0.717, 1.165) is 43.2 Å². The van der Waals surface area contributed by atoms with Gasteiger partial charge in [0, 0.05) is 32.2 Å². The van der Waals surface area contributed by atoms with Gasteiger partial charge in [0.1, 0.15) is 6.10 Å². The van der Waals surface area contributed by atoms with Gasteiger partial charge in [0.2, 0.25) is 0 Å². The summed E-state index contributed by atoms with van der Waals surface area (Å²) in [5.74, 6) is 0.00237. The number of piperidine rings is 1. The van der Waals surface area contributed by atoms with Crippen molar-refractivity contribution < 1.29 is 9.53 Å². The maximum Gasteiger partial charge on any atom is 0.250 e. The molecular formula is C17H24ClN3O2. The Kier molecular flexibility index (Phi) is 5.41. The van der Waals surface area contributed by atoms with Gasteiger partial charge in [-0.25, -0.2) is 0 Å². The van der Waals surface area contributed by atoms with E-state index in [2.05, 4.69) is 15.1 Å². The second-order valence-electron chi connectivity index (χ2n) is 6.37. The number of likely N-dealkylation sites (N-methyl/N-ethyl adjacent to an activating group) is 1. The first-order valence-electron chi connectivity index (χ1n) is 8.23. The van der Waals surface area contributed by atoms with Crippen LogP contribution in [0.2, 0.25) is 5.02 Å². The lowest BCUT2D eigenvalue weighted by atomic mass is 10.0. The number of amides is 1. The number of carbonyl (C=O) groups is 1. The number of morpholine rings is 1. The van der Waals surface area contributed by atoms with E-state index in [1.165, 1.54) is 0 Å². The molecule has 2 aliphatic heterocycles. The number of hydrogen-bond acceptors (Lipinski definition) is 4. The lowest BCUT2D eigenvalue weighted by molar-refractivity contribution is -0.138. The van der Waals surface area contributed by atoms with E-state index >= 15 is 0 Å². The molecule has 1 aromatic rings. The van der Waals surface area contributed by atoms with E-state index < -0.39 is 0 Å². The van der Waals surface area contributed by atoms with E-state index in [0.29, 0.717) is 13.2 Å². The van der Waals surface area contributed by atoms with E-state index in [1.807, 2.05) is 31.3 Å². The lowest BCUT2D eigenvalue weighted by Gasteiger charge is -2.36. The third-order valence-corrected chi connectivity index (χ3v) is 4.84. The highest BCUT2D eigenvalue weighted by Crippen LogP contribution is 2.27. The Morgan fingerprint density at radius 3 is 2.91 bits per heavy atom. The van der Waals surface area contributed by atoms with Gasteiger partial charge in [-0.05, 0) is 32.0 Å². The number of nitrogens with zero attached hydrogens (tertiary/aromatic N) is 2. The number of para-hydroxylation sites is 1. The maximum absolute atomic E-state index is 12.4. The molecule has 1 aromatic carbocycles. The first kappa shape index (κ1) is 16.6. The molecule has 2 heterocycles. The van der Waals surface area contributed by atoms with Crippen molar-refractivity contribution in [1.29, 1.82) is 0 Å². The van der Waals surface area contributed by atoms with Crippen LogP contribution in [0, 0.1) is 0 Å². The molecule has 1 amide bonds. The van der Waals surface area contributed by atoms with Crippen LogP contribution in [-0.2, 0) is 9.53 Å². The highest BCUT2D eigenvalue weighted by molar-refractivity contribution is 6.33. The van der Waals surface area contributed by atoms with E-state index in [-0.39, 0.29) is 18.1 Å². The average Bonchev–Trinajstić information content (AvgIpc) is 2.55. The molecule has 0 saturated carbocycles. The lowest BCUT2D eigenvalue weighted by Crippen LogP contribution is -2.54. The summed E-state index contributed by atoms with van der Waals surface area (Å²) in [5, 5.41) is 3.91. The number of nitrogens with one attached hydrogen (secondary N) is 1. The summed E-state index contributed by atoms with van der Waals surface area (Å²) in [6, 6.07) is 8.01. The van der Waals surface area contributed by atoms with Crippen LogP contribution in [0.3, 0.4) is 0 Å². The van der Waals surface area contributed by atoms with Crippen molar-refractivity contribution >= 4 is 23.2 Å². The molecule has 23 heavy (non-hydrogen) atoms. The van der Waals surface area contributed by atoms with Gasteiger partial charge in [-0.3, -0.25) is 4.79 Å². The van der Waals surface area contributed by atoms with Crippen molar-refractivity contribution in [2.75, 3.05) is 44.7 Å². The molecule has 1 N–H and O–H groups in total. The zero-order valence-electron chi connectivity index (χ0n) is 13.5. The number of halogens is 1. The van der Waals surface area contributed by atoms with Crippen molar-refractivity contribution in [1.82, 2.24) is 10.2 Å². The summed E-state index contributed by atoms with van der Waals surface area (Å²) in [4.78, 5) is 16.8. The average molecular weight is 338 g/mol. The molecule has 126 valence electrons. The predicted octanol–water partition coefficient (Wildman–Crippen LogP) is 1.76. The van der Waals surface area contributed by atoms with Gasteiger partial charge in [-0.2, -0.15) is 0 Å². The van der Waals surface area contributed by atoms with Gasteiger partial charge in [-0.15, -0.1) is 0 Å². The molecule has 0 spiro atoms. The molecule has 6 heteroatoms. The van der Waals surface area contributed by atoms with E-state index in [9.17, 15) is 4.79 Å². The molecule has 2 aliphatic rings. The molecule has 0 aliphatic carbocycles. The Balaban J connectivity index is 1.58. The van der Waals surface area contributed by atoms with Gasteiger partial charge in [0.25, 0.3) is 5.91 Å². The first-order valence-corrected chi connectivity index (χ1v) is 8.61. The van der Waals surface area contributed by atoms with Crippen molar-refractivity contribution in [3.05, 3.63) is 29.3 Å². The van der Waals surface area contributed by atoms with Gasteiger partial charge in [0.05, 0.1) is 17.3 Å². The first-order chi connectivity index (χ1) is 11.1. The highest BCUT2D eigenvalue weighted by atomic mass is 35.5. The predicted molar refractivity (Wildman–Crippen MR) is 92.1 cm³/mol. The minimum Gasteiger partial charge on any atom is -0.368 e. The number of ether oxygens (including phenoxy) is 1. The van der Waals surface area contributed by atoms with Crippen LogP contribution in [0.1, 0.15) is 12.8 Å². The summed E-state index contributed by atoms with van der Waals surface area (Å²) in [6.07, 6.45) is 1.68. The quantitative estimate of drug-likeness (QED) is 0.913. The molecular weight excluding hydrogens is 314 g/mol. The SMILES string of the molecule is CN1CCOC(C(=O)NC2CCCN(c3ccccc3Cl)C2)C1. The molecule has 2 saturated heterocycles. The number of benzene rings is 1. The fraction of sp³-hybridized carbons (Fsp3) is 0.588. The molecule has 2 atom stereocenters. The maximum atomic E-state index is 12.4. The molecule has 2 fully saturated rings. The minimum atomic E-state index is -0.357. The molecule has 5 nitrogen and oxygen atoms in total. The summed E-state index contributed by atoms with van der Waals surface area (Å²) in [5.41, 5.74) is 1.04. The molecule has 0 radical (unpaired) electrons. The number of carbonyl (C=O) groups excluding carboxylic acids is 1. The summed E-state index contributed by atoms with van der Waals surface area (Å²) in [7, 11) is 2.02. The summed E-state index contributed by atoms with van der Waals surface area (Å²) >= 11 is 6.29. The fourth-order valence-electron chi connectivity index (χ4n) is 3.25. The third kappa shape index (κ3) is 4.16. The standard InChI is InChI=1S/C17H24ClN3O2/c1-20-9-10-23-16(12-20)17(22)19-13-5-4-8-21(11-13)15-7-3-2-6-14(15)18/h2-3,6-7,13,16H,4-5,8-12H2,1H3,(H,19,22). The fourth-order valence-corrected chi connectivity index (χ4v) is 3.51. The number of rotatable bonds is 3. The van der Waals surface area contributed by atoms with Crippen LogP contribution in [0.5, 0.6) is 0 Å². The van der Waals surface area contributed by atoms with Crippen LogP contribution in [0.4, 0.5) is 5.69 Å².